The van der Waals surface area contributed by atoms with Crippen LogP contribution in [0.3, 0.4) is 0 Å². The fourth-order valence-electron chi connectivity index (χ4n) is 1.41. The van der Waals surface area contributed by atoms with Crippen LogP contribution in [-0.2, 0) is 0 Å². The largest absolute Gasteiger partial charge is 0.505 e. The fourth-order valence-corrected chi connectivity index (χ4v) is 1.41. The van der Waals surface area contributed by atoms with Gasteiger partial charge in [0.25, 0.3) is 0 Å². The van der Waals surface area contributed by atoms with Crippen LogP contribution in [0.5, 0.6) is 5.75 Å². The van der Waals surface area contributed by atoms with Gasteiger partial charge in [-0.3, -0.25) is 0 Å². The summed E-state index contributed by atoms with van der Waals surface area (Å²) in [5.41, 5.74) is 0.588. The molecule has 0 atom stereocenters. The zero-order chi connectivity index (χ0) is 11.7. The highest BCUT2D eigenvalue weighted by atomic mass is 19.1. The molecule has 4 heteroatoms. The van der Waals surface area contributed by atoms with E-state index < -0.39 is 23.2 Å². The van der Waals surface area contributed by atoms with E-state index in [1.54, 1.807) is 0 Å². The maximum absolute atomic E-state index is 12.9. The molecule has 0 aliphatic rings. The van der Waals surface area contributed by atoms with E-state index in [1.807, 2.05) is 0 Å². The summed E-state index contributed by atoms with van der Waals surface area (Å²) in [6.07, 6.45) is 0. The Kier molecular flexibility index (Phi) is 2.56. The normalized spacial score (nSPS) is 10.4. The van der Waals surface area contributed by atoms with Crippen LogP contribution >= 0.6 is 0 Å². The van der Waals surface area contributed by atoms with E-state index >= 15 is 0 Å². The molecule has 0 aliphatic heterocycles. The lowest BCUT2D eigenvalue weighted by Gasteiger charge is -2.03. The molecule has 0 radical (unpaired) electrons. The Labute approximate surface area is 89.8 Å². The minimum atomic E-state index is -0.777. The number of phenolic OH excluding ortho intramolecular Hbond substituents is 1. The van der Waals surface area contributed by atoms with Gasteiger partial charge in [0.1, 0.15) is 11.6 Å². The van der Waals surface area contributed by atoms with Crippen molar-refractivity contribution in [3.63, 3.8) is 0 Å². The minimum absolute atomic E-state index is 0.243. The Bertz CT molecular complexity index is 518. The quantitative estimate of drug-likeness (QED) is 0.786. The third kappa shape index (κ3) is 2.00. The van der Waals surface area contributed by atoms with Gasteiger partial charge >= 0.3 is 0 Å². The van der Waals surface area contributed by atoms with Gasteiger partial charge in [0, 0.05) is 6.07 Å². The first kappa shape index (κ1) is 10.5. The summed E-state index contributed by atoms with van der Waals surface area (Å²) in [6.45, 7) is 0. The average Bonchev–Trinajstić information content (AvgIpc) is 2.20. The van der Waals surface area contributed by atoms with E-state index in [0.717, 1.165) is 30.3 Å². The van der Waals surface area contributed by atoms with E-state index in [2.05, 4.69) is 0 Å². The van der Waals surface area contributed by atoms with Crippen molar-refractivity contribution in [2.75, 3.05) is 0 Å². The Morgan fingerprint density at radius 1 is 0.750 bits per heavy atom. The molecule has 0 saturated carbocycles. The average molecular weight is 224 g/mol. The van der Waals surface area contributed by atoms with Crippen molar-refractivity contribution in [1.29, 1.82) is 0 Å². The van der Waals surface area contributed by atoms with E-state index in [4.69, 9.17) is 5.11 Å². The summed E-state index contributed by atoms with van der Waals surface area (Å²) in [5.74, 6) is -2.78. The van der Waals surface area contributed by atoms with Crippen LogP contribution in [0.1, 0.15) is 0 Å². The van der Waals surface area contributed by atoms with Gasteiger partial charge in [0.2, 0.25) is 0 Å². The topological polar surface area (TPSA) is 20.2 Å². The molecule has 82 valence electrons. The second-order valence-corrected chi connectivity index (χ2v) is 3.32. The van der Waals surface area contributed by atoms with Crippen LogP contribution in [0.2, 0.25) is 0 Å². The molecular weight excluding hydrogens is 217 g/mol. The maximum atomic E-state index is 12.9. The Morgan fingerprint density at radius 2 is 1.38 bits per heavy atom. The standard InChI is InChI=1S/C12H7F3O/c13-9-3-8(4-10(14)6-9)7-1-2-11(15)12(16)5-7/h1-6,16H. The van der Waals surface area contributed by atoms with Crippen LogP contribution < -0.4 is 0 Å². The molecule has 2 aromatic carbocycles. The number of hydrogen-bond donors (Lipinski definition) is 1. The van der Waals surface area contributed by atoms with E-state index in [0.29, 0.717) is 5.56 Å². The highest BCUT2D eigenvalue weighted by molar-refractivity contribution is 5.65. The molecule has 0 fully saturated rings. The Balaban J connectivity index is 2.54. The van der Waals surface area contributed by atoms with Crippen molar-refractivity contribution in [3.8, 4) is 16.9 Å². The first-order valence-electron chi connectivity index (χ1n) is 4.51. The van der Waals surface area contributed by atoms with Crippen LogP contribution in [0.4, 0.5) is 13.2 Å². The molecule has 1 N–H and O–H groups in total. The molecule has 0 spiro atoms. The molecule has 0 aliphatic carbocycles. The molecule has 0 unspecified atom stereocenters. The third-order valence-corrected chi connectivity index (χ3v) is 2.14. The summed E-state index contributed by atoms with van der Waals surface area (Å²) in [7, 11) is 0. The lowest BCUT2D eigenvalue weighted by molar-refractivity contribution is 0.432. The molecule has 2 aromatic rings. The smallest absolute Gasteiger partial charge is 0.164 e. The van der Waals surface area contributed by atoms with Gasteiger partial charge < -0.3 is 5.11 Å². The highest BCUT2D eigenvalue weighted by Crippen LogP contribution is 2.26. The maximum Gasteiger partial charge on any atom is 0.164 e. The van der Waals surface area contributed by atoms with E-state index in [1.165, 1.54) is 6.07 Å². The van der Waals surface area contributed by atoms with Crippen LogP contribution in [-0.4, -0.2) is 5.11 Å². The van der Waals surface area contributed by atoms with Crippen molar-refractivity contribution in [2.45, 2.75) is 0 Å². The van der Waals surface area contributed by atoms with Gasteiger partial charge in [-0.2, -0.15) is 0 Å². The molecule has 1 nitrogen and oxygen atoms in total. The lowest BCUT2D eigenvalue weighted by atomic mass is 10.1. The Hall–Kier alpha value is -1.97. The van der Waals surface area contributed by atoms with Crippen molar-refractivity contribution in [2.24, 2.45) is 0 Å². The van der Waals surface area contributed by atoms with E-state index in [9.17, 15) is 13.2 Å². The summed E-state index contributed by atoms with van der Waals surface area (Å²) < 4.78 is 38.6. The van der Waals surface area contributed by atoms with Gasteiger partial charge in [0.15, 0.2) is 11.6 Å². The van der Waals surface area contributed by atoms with Crippen molar-refractivity contribution in [3.05, 3.63) is 53.8 Å². The lowest BCUT2D eigenvalue weighted by Crippen LogP contribution is -1.85. The first-order chi connectivity index (χ1) is 7.56. The van der Waals surface area contributed by atoms with Crippen molar-refractivity contribution in [1.82, 2.24) is 0 Å². The molecule has 0 bridgehead atoms. The molecular formula is C12H7F3O. The number of benzene rings is 2. The molecule has 16 heavy (non-hydrogen) atoms. The van der Waals surface area contributed by atoms with Gasteiger partial charge in [0.05, 0.1) is 0 Å². The summed E-state index contributed by atoms with van der Waals surface area (Å²) in [5, 5.41) is 9.14. The Morgan fingerprint density at radius 3 is 1.94 bits per heavy atom. The third-order valence-electron chi connectivity index (χ3n) is 2.14. The van der Waals surface area contributed by atoms with Gasteiger partial charge in [-0.1, -0.05) is 6.07 Å². The number of phenols is 1. The summed E-state index contributed by atoms with van der Waals surface area (Å²) >= 11 is 0. The fraction of sp³-hybridized carbons (Fsp3) is 0. The SMILES string of the molecule is Oc1cc(-c2cc(F)cc(F)c2)ccc1F. The highest BCUT2D eigenvalue weighted by Gasteiger charge is 2.06. The summed E-state index contributed by atoms with van der Waals surface area (Å²) in [4.78, 5) is 0. The van der Waals surface area contributed by atoms with Gasteiger partial charge in [-0.25, -0.2) is 13.2 Å². The second kappa shape index (κ2) is 3.89. The van der Waals surface area contributed by atoms with Crippen LogP contribution in [0.15, 0.2) is 36.4 Å². The monoisotopic (exact) mass is 224 g/mol. The molecule has 0 amide bonds. The predicted octanol–water partition coefficient (Wildman–Crippen LogP) is 3.48. The zero-order valence-electron chi connectivity index (χ0n) is 8.05. The van der Waals surface area contributed by atoms with Crippen molar-refractivity contribution >= 4 is 0 Å². The number of rotatable bonds is 1. The molecule has 0 saturated heterocycles. The summed E-state index contributed by atoms with van der Waals surface area (Å²) in [6, 6.07) is 6.44. The first-order valence-corrected chi connectivity index (χ1v) is 4.51. The zero-order valence-corrected chi connectivity index (χ0v) is 8.05. The van der Waals surface area contributed by atoms with Gasteiger partial charge in [-0.15, -0.1) is 0 Å². The van der Waals surface area contributed by atoms with Crippen molar-refractivity contribution < 1.29 is 18.3 Å². The van der Waals surface area contributed by atoms with Crippen LogP contribution in [0.25, 0.3) is 11.1 Å². The number of hydrogen-bond acceptors (Lipinski definition) is 1. The predicted molar refractivity (Wildman–Crippen MR) is 53.4 cm³/mol. The van der Waals surface area contributed by atoms with Gasteiger partial charge in [-0.05, 0) is 35.4 Å². The van der Waals surface area contributed by atoms with Crippen LogP contribution in [0, 0.1) is 17.5 Å². The van der Waals surface area contributed by atoms with E-state index in [-0.39, 0.29) is 5.56 Å². The number of aromatic hydroxyl groups is 1. The molecule has 0 aromatic heterocycles. The molecule has 2 rings (SSSR count). The minimum Gasteiger partial charge on any atom is -0.505 e. The molecule has 0 heterocycles. The number of halogens is 3. The second-order valence-electron chi connectivity index (χ2n) is 3.32.